The summed E-state index contributed by atoms with van der Waals surface area (Å²) in [5.74, 6) is -1.59. The van der Waals surface area contributed by atoms with Crippen molar-refractivity contribution in [1.29, 1.82) is 0 Å². The van der Waals surface area contributed by atoms with Crippen LogP contribution in [0.1, 0.15) is 32.8 Å². The third-order valence-electron chi connectivity index (χ3n) is 3.31. The summed E-state index contributed by atoms with van der Waals surface area (Å²) in [6, 6.07) is 5.15. The van der Waals surface area contributed by atoms with E-state index in [1.54, 1.807) is 12.1 Å². The maximum absolute atomic E-state index is 12.4. The summed E-state index contributed by atoms with van der Waals surface area (Å²) in [5.41, 5.74) is 5.98. The summed E-state index contributed by atoms with van der Waals surface area (Å²) in [5, 5.41) is 0. The third-order valence-corrected chi connectivity index (χ3v) is 4.80. The molecule has 0 spiro atoms. The summed E-state index contributed by atoms with van der Waals surface area (Å²) in [7, 11) is -3.89. The summed E-state index contributed by atoms with van der Waals surface area (Å²) >= 11 is 0. The van der Waals surface area contributed by atoms with E-state index in [9.17, 15) is 18.0 Å². The molecule has 0 aromatic heterocycles. The lowest BCUT2D eigenvalue weighted by Gasteiger charge is -2.21. The Morgan fingerprint density at radius 2 is 1.71 bits per heavy atom. The molecule has 0 saturated carbocycles. The van der Waals surface area contributed by atoms with E-state index in [1.807, 2.05) is 20.8 Å². The average Bonchev–Trinajstić information content (AvgIpc) is 2.46. The molecule has 0 aliphatic carbocycles. The lowest BCUT2D eigenvalue weighted by Crippen LogP contribution is -2.45. The van der Waals surface area contributed by atoms with Gasteiger partial charge < -0.3 is 10.5 Å². The van der Waals surface area contributed by atoms with E-state index >= 15 is 0 Å². The molecule has 0 saturated heterocycles. The van der Waals surface area contributed by atoms with E-state index in [1.165, 1.54) is 19.1 Å². The molecule has 0 fully saturated rings. The highest BCUT2D eigenvalue weighted by atomic mass is 32.2. The summed E-state index contributed by atoms with van der Waals surface area (Å²) < 4.78 is 32.2. The van der Waals surface area contributed by atoms with Gasteiger partial charge in [0.2, 0.25) is 10.0 Å². The van der Waals surface area contributed by atoms with E-state index in [4.69, 9.17) is 10.5 Å². The lowest BCUT2D eigenvalue weighted by atomic mass is 10.0. The molecule has 0 unspecified atom stereocenters. The van der Waals surface area contributed by atoms with Crippen LogP contribution in [-0.4, -0.2) is 32.4 Å². The van der Waals surface area contributed by atoms with Crippen LogP contribution in [0, 0.1) is 12.8 Å². The minimum Gasteiger partial charge on any atom is -0.451 e. The summed E-state index contributed by atoms with van der Waals surface area (Å²) in [6.45, 7) is 6.87. The van der Waals surface area contributed by atoms with Crippen molar-refractivity contribution in [3.63, 3.8) is 0 Å². The van der Waals surface area contributed by atoms with Crippen LogP contribution in [-0.2, 0) is 24.3 Å². The van der Waals surface area contributed by atoms with Crippen LogP contribution in [0.25, 0.3) is 0 Å². The standard InChI is InChI=1S/C16H24N2O5S/c1-10(2)9-14(16(20)23-12(4)15(17)19)18-24(21,22)13-7-5-11(3)6-8-13/h5-8,10,12,14,18H,9H2,1-4H3,(H2,17,19)/t12-,14+/m0/s1. The van der Waals surface area contributed by atoms with Gasteiger partial charge in [0.15, 0.2) is 6.10 Å². The molecule has 0 bridgehead atoms. The first-order valence-corrected chi connectivity index (χ1v) is 9.10. The maximum Gasteiger partial charge on any atom is 0.324 e. The van der Waals surface area contributed by atoms with Crippen molar-refractivity contribution in [3.05, 3.63) is 29.8 Å². The van der Waals surface area contributed by atoms with Crippen LogP contribution in [0.5, 0.6) is 0 Å². The van der Waals surface area contributed by atoms with Gasteiger partial charge in [-0.2, -0.15) is 4.72 Å². The van der Waals surface area contributed by atoms with E-state index < -0.39 is 34.0 Å². The molecule has 0 heterocycles. The number of nitrogens with two attached hydrogens (primary N) is 1. The van der Waals surface area contributed by atoms with Gasteiger partial charge in [-0.05, 0) is 38.3 Å². The number of sulfonamides is 1. The summed E-state index contributed by atoms with van der Waals surface area (Å²) in [4.78, 5) is 23.3. The van der Waals surface area contributed by atoms with Crippen LogP contribution >= 0.6 is 0 Å². The van der Waals surface area contributed by atoms with Crippen molar-refractivity contribution in [2.75, 3.05) is 0 Å². The van der Waals surface area contributed by atoms with E-state index in [-0.39, 0.29) is 17.2 Å². The number of carbonyl (C=O) groups is 2. The predicted molar refractivity (Wildman–Crippen MR) is 89.5 cm³/mol. The second-order valence-corrected chi connectivity index (χ2v) is 7.81. The summed E-state index contributed by atoms with van der Waals surface area (Å²) in [6.07, 6.45) is -0.897. The van der Waals surface area contributed by atoms with Gasteiger partial charge in [-0.15, -0.1) is 0 Å². The molecular formula is C16H24N2O5S. The first-order valence-electron chi connectivity index (χ1n) is 7.61. The predicted octanol–water partition coefficient (Wildman–Crippen LogP) is 1.11. The molecule has 1 rings (SSSR count). The molecule has 134 valence electrons. The number of carbonyl (C=O) groups excluding carboxylic acids is 2. The largest absolute Gasteiger partial charge is 0.451 e. The van der Waals surface area contributed by atoms with E-state index in [0.29, 0.717) is 0 Å². The highest BCUT2D eigenvalue weighted by molar-refractivity contribution is 7.89. The number of ether oxygens (including phenoxy) is 1. The fourth-order valence-corrected chi connectivity index (χ4v) is 3.15. The van der Waals surface area contributed by atoms with Gasteiger partial charge >= 0.3 is 5.97 Å². The van der Waals surface area contributed by atoms with Crippen molar-refractivity contribution in [1.82, 2.24) is 4.72 Å². The second-order valence-electron chi connectivity index (χ2n) is 6.10. The van der Waals surface area contributed by atoms with E-state index in [2.05, 4.69) is 4.72 Å². The number of hydrogen-bond donors (Lipinski definition) is 2. The first-order chi connectivity index (χ1) is 11.0. The number of hydrogen-bond acceptors (Lipinski definition) is 5. The van der Waals surface area contributed by atoms with Crippen molar-refractivity contribution < 1.29 is 22.7 Å². The van der Waals surface area contributed by atoms with Gasteiger partial charge in [-0.25, -0.2) is 8.42 Å². The van der Waals surface area contributed by atoms with Crippen LogP contribution in [0.15, 0.2) is 29.2 Å². The zero-order valence-electron chi connectivity index (χ0n) is 14.3. The minimum absolute atomic E-state index is 0.0344. The van der Waals surface area contributed by atoms with Gasteiger partial charge in [0.1, 0.15) is 6.04 Å². The second kappa shape index (κ2) is 8.25. The van der Waals surface area contributed by atoms with Crippen LogP contribution in [0.2, 0.25) is 0 Å². The molecule has 8 heteroatoms. The zero-order chi connectivity index (χ0) is 18.5. The minimum atomic E-state index is -3.89. The molecule has 24 heavy (non-hydrogen) atoms. The van der Waals surface area contributed by atoms with Crippen molar-refractivity contribution in [3.8, 4) is 0 Å². The molecule has 2 atom stereocenters. The van der Waals surface area contributed by atoms with Gasteiger partial charge in [0.05, 0.1) is 4.90 Å². The molecule has 1 aromatic carbocycles. The van der Waals surface area contributed by atoms with Gasteiger partial charge in [0, 0.05) is 0 Å². The first kappa shape index (κ1) is 20.1. The van der Waals surface area contributed by atoms with Gasteiger partial charge in [-0.1, -0.05) is 31.5 Å². The average molecular weight is 356 g/mol. The molecular weight excluding hydrogens is 332 g/mol. The quantitative estimate of drug-likeness (QED) is 0.677. The molecule has 3 N–H and O–H groups in total. The highest BCUT2D eigenvalue weighted by Gasteiger charge is 2.29. The van der Waals surface area contributed by atoms with Crippen molar-refractivity contribution >= 4 is 21.9 Å². The Hall–Kier alpha value is -1.93. The Kier molecular flexibility index (Phi) is 6.92. The molecule has 0 aliphatic rings. The number of rotatable bonds is 8. The molecule has 7 nitrogen and oxygen atoms in total. The Morgan fingerprint density at radius 1 is 1.17 bits per heavy atom. The maximum atomic E-state index is 12.4. The number of aryl methyl sites for hydroxylation is 1. The van der Waals surface area contributed by atoms with Crippen LogP contribution < -0.4 is 10.5 Å². The van der Waals surface area contributed by atoms with Gasteiger partial charge in [-0.3, -0.25) is 9.59 Å². The fraction of sp³-hybridized carbons (Fsp3) is 0.500. The highest BCUT2D eigenvalue weighted by Crippen LogP contribution is 2.14. The Morgan fingerprint density at radius 3 is 2.17 bits per heavy atom. The molecule has 1 aromatic rings. The number of primary amides is 1. The Labute approximate surface area is 142 Å². The SMILES string of the molecule is Cc1ccc(S(=O)(=O)N[C@H](CC(C)C)C(=O)O[C@@H](C)C(N)=O)cc1. The lowest BCUT2D eigenvalue weighted by molar-refractivity contribution is -0.155. The number of esters is 1. The van der Waals surface area contributed by atoms with Gasteiger partial charge in [0.25, 0.3) is 5.91 Å². The normalized spacial score (nSPS) is 14.2. The Bertz CT molecular complexity index is 683. The van der Waals surface area contributed by atoms with Crippen molar-refractivity contribution in [2.45, 2.75) is 51.2 Å². The monoisotopic (exact) mass is 356 g/mol. The molecule has 1 amide bonds. The fourth-order valence-electron chi connectivity index (χ4n) is 1.95. The third kappa shape index (κ3) is 5.93. The smallest absolute Gasteiger partial charge is 0.324 e. The van der Waals surface area contributed by atoms with E-state index in [0.717, 1.165) is 5.56 Å². The van der Waals surface area contributed by atoms with Crippen LogP contribution in [0.4, 0.5) is 0 Å². The topological polar surface area (TPSA) is 116 Å². The Balaban J connectivity index is 2.98. The number of benzene rings is 1. The molecule has 0 radical (unpaired) electrons. The zero-order valence-corrected chi connectivity index (χ0v) is 15.1. The number of nitrogens with one attached hydrogen (secondary N) is 1. The number of amides is 1. The molecule has 0 aliphatic heterocycles. The van der Waals surface area contributed by atoms with Crippen LogP contribution in [0.3, 0.4) is 0 Å². The van der Waals surface area contributed by atoms with Crippen molar-refractivity contribution in [2.24, 2.45) is 11.7 Å².